The second-order valence-corrected chi connectivity index (χ2v) is 7.27. The number of hydrogen-bond acceptors (Lipinski definition) is 3. The van der Waals surface area contributed by atoms with Gasteiger partial charge < -0.3 is 9.88 Å². The number of carbonyl (C=O) groups excluding carboxylic acids is 1. The molecule has 0 bridgehead atoms. The summed E-state index contributed by atoms with van der Waals surface area (Å²) in [4.78, 5) is 19.4. The van der Waals surface area contributed by atoms with E-state index >= 15 is 0 Å². The van der Waals surface area contributed by atoms with Crippen LogP contribution in [0.15, 0.2) is 42.7 Å². The van der Waals surface area contributed by atoms with E-state index in [0.29, 0.717) is 5.92 Å². The second kappa shape index (κ2) is 8.99. The number of piperidine rings is 1. The van der Waals surface area contributed by atoms with Gasteiger partial charge >= 0.3 is 0 Å². The molecule has 0 spiro atoms. The van der Waals surface area contributed by atoms with Crippen LogP contribution in [-0.2, 0) is 18.4 Å². The number of nitrogens with one attached hydrogen (secondary N) is 1. The summed E-state index contributed by atoms with van der Waals surface area (Å²) in [6.45, 7) is 5.69. The Balaban J connectivity index is 1.44. The largest absolute Gasteiger partial charge is 0.355 e. The SMILES string of the molecule is CCC(CNC(=O)C1CCN(Cc2nccn2C)CC1)c1ccccc1. The van der Waals surface area contributed by atoms with Gasteiger partial charge in [-0.05, 0) is 37.9 Å². The first kappa shape index (κ1) is 18.6. The number of likely N-dealkylation sites (tertiary alicyclic amines) is 1. The maximum Gasteiger partial charge on any atom is 0.223 e. The molecule has 0 aliphatic carbocycles. The van der Waals surface area contributed by atoms with Crippen LogP contribution >= 0.6 is 0 Å². The van der Waals surface area contributed by atoms with Crippen molar-refractivity contribution >= 4 is 5.91 Å². The van der Waals surface area contributed by atoms with Gasteiger partial charge in [-0.2, -0.15) is 0 Å². The maximum absolute atomic E-state index is 12.6. The zero-order valence-electron chi connectivity index (χ0n) is 15.9. The van der Waals surface area contributed by atoms with Crippen molar-refractivity contribution in [2.75, 3.05) is 19.6 Å². The zero-order chi connectivity index (χ0) is 18.4. The Morgan fingerprint density at radius 3 is 2.62 bits per heavy atom. The average molecular weight is 354 g/mol. The molecule has 1 aliphatic rings. The van der Waals surface area contributed by atoms with E-state index < -0.39 is 0 Å². The molecule has 1 saturated heterocycles. The smallest absolute Gasteiger partial charge is 0.223 e. The third-order valence-corrected chi connectivity index (χ3v) is 5.53. The van der Waals surface area contributed by atoms with Gasteiger partial charge in [0.25, 0.3) is 0 Å². The number of carbonyl (C=O) groups is 1. The van der Waals surface area contributed by atoms with Gasteiger partial charge in [-0.1, -0.05) is 37.3 Å². The Hall–Kier alpha value is -2.14. The van der Waals surface area contributed by atoms with Gasteiger partial charge in [0.15, 0.2) is 0 Å². The number of imidazole rings is 1. The van der Waals surface area contributed by atoms with Crippen molar-refractivity contribution in [2.24, 2.45) is 13.0 Å². The summed E-state index contributed by atoms with van der Waals surface area (Å²) >= 11 is 0. The van der Waals surface area contributed by atoms with Gasteiger partial charge in [-0.3, -0.25) is 9.69 Å². The van der Waals surface area contributed by atoms with E-state index in [4.69, 9.17) is 0 Å². The normalized spacial score (nSPS) is 17.2. The highest BCUT2D eigenvalue weighted by Crippen LogP contribution is 2.21. The van der Waals surface area contributed by atoms with Crippen molar-refractivity contribution in [1.82, 2.24) is 19.8 Å². The van der Waals surface area contributed by atoms with Gasteiger partial charge in [-0.15, -0.1) is 0 Å². The van der Waals surface area contributed by atoms with E-state index in [-0.39, 0.29) is 11.8 Å². The van der Waals surface area contributed by atoms with Crippen molar-refractivity contribution in [1.29, 1.82) is 0 Å². The van der Waals surface area contributed by atoms with Gasteiger partial charge in [-0.25, -0.2) is 4.98 Å². The monoisotopic (exact) mass is 354 g/mol. The average Bonchev–Trinajstić information content (AvgIpc) is 3.08. The molecule has 0 saturated carbocycles. The molecule has 26 heavy (non-hydrogen) atoms. The van der Waals surface area contributed by atoms with E-state index in [1.807, 2.05) is 25.5 Å². The van der Waals surface area contributed by atoms with Crippen molar-refractivity contribution in [3.05, 3.63) is 54.1 Å². The van der Waals surface area contributed by atoms with Crippen LogP contribution in [0.2, 0.25) is 0 Å². The molecule has 2 heterocycles. The Kier molecular flexibility index (Phi) is 6.45. The molecular formula is C21H30N4O. The van der Waals surface area contributed by atoms with Gasteiger partial charge in [0.05, 0.1) is 6.54 Å². The predicted octanol–water partition coefficient (Wildman–Crippen LogP) is 2.94. The third-order valence-electron chi connectivity index (χ3n) is 5.53. The summed E-state index contributed by atoms with van der Waals surface area (Å²) < 4.78 is 2.06. The zero-order valence-corrected chi connectivity index (χ0v) is 15.9. The highest BCUT2D eigenvalue weighted by molar-refractivity contribution is 5.78. The summed E-state index contributed by atoms with van der Waals surface area (Å²) in [5.74, 6) is 1.84. The summed E-state index contributed by atoms with van der Waals surface area (Å²) in [6.07, 6.45) is 6.71. The fourth-order valence-electron chi connectivity index (χ4n) is 3.69. The van der Waals surface area contributed by atoms with Crippen LogP contribution in [0.1, 0.15) is 43.5 Å². The topological polar surface area (TPSA) is 50.2 Å². The number of nitrogens with zero attached hydrogens (tertiary/aromatic N) is 3. The number of amides is 1. The molecule has 1 aromatic heterocycles. The molecule has 1 aromatic carbocycles. The summed E-state index contributed by atoms with van der Waals surface area (Å²) in [7, 11) is 2.03. The quantitative estimate of drug-likeness (QED) is 0.832. The molecule has 2 aromatic rings. The lowest BCUT2D eigenvalue weighted by molar-refractivity contribution is -0.126. The molecule has 3 rings (SSSR count). The van der Waals surface area contributed by atoms with Crippen molar-refractivity contribution < 1.29 is 4.79 Å². The standard InChI is InChI=1S/C21H30N4O/c1-3-17(18-7-5-4-6-8-18)15-23-21(26)19-9-12-25(13-10-19)16-20-22-11-14-24(20)2/h4-8,11,14,17,19H,3,9-10,12-13,15-16H2,1-2H3,(H,23,26). The van der Waals surface area contributed by atoms with Crippen LogP contribution in [0.3, 0.4) is 0 Å². The first-order valence-corrected chi connectivity index (χ1v) is 9.68. The van der Waals surface area contributed by atoms with Crippen LogP contribution in [0.5, 0.6) is 0 Å². The van der Waals surface area contributed by atoms with Gasteiger partial charge in [0.2, 0.25) is 5.91 Å². The van der Waals surface area contributed by atoms with E-state index in [0.717, 1.165) is 51.3 Å². The number of aryl methyl sites for hydroxylation is 1. The van der Waals surface area contributed by atoms with Crippen LogP contribution in [0.4, 0.5) is 0 Å². The fraction of sp³-hybridized carbons (Fsp3) is 0.524. The Morgan fingerprint density at radius 2 is 2.00 bits per heavy atom. The number of rotatable bonds is 7. The number of aromatic nitrogens is 2. The van der Waals surface area contributed by atoms with Crippen LogP contribution in [0.25, 0.3) is 0 Å². The lowest BCUT2D eigenvalue weighted by atomic mass is 9.94. The van der Waals surface area contributed by atoms with Gasteiger partial charge in [0, 0.05) is 37.8 Å². The highest BCUT2D eigenvalue weighted by Gasteiger charge is 2.25. The first-order valence-electron chi connectivity index (χ1n) is 9.68. The fourth-order valence-corrected chi connectivity index (χ4v) is 3.69. The Bertz CT molecular complexity index is 689. The molecule has 1 aliphatic heterocycles. The van der Waals surface area contributed by atoms with Crippen molar-refractivity contribution in [2.45, 2.75) is 38.6 Å². The first-order chi connectivity index (χ1) is 12.7. The summed E-state index contributed by atoms with van der Waals surface area (Å²) in [5, 5.41) is 3.20. The lowest BCUT2D eigenvalue weighted by Crippen LogP contribution is -2.41. The molecule has 5 nitrogen and oxygen atoms in total. The second-order valence-electron chi connectivity index (χ2n) is 7.27. The molecule has 0 radical (unpaired) electrons. The molecule has 5 heteroatoms. The molecule has 1 amide bonds. The summed E-state index contributed by atoms with van der Waals surface area (Å²) in [5.41, 5.74) is 1.31. The maximum atomic E-state index is 12.6. The Morgan fingerprint density at radius 1 is 1.27 bits per heavy atom. The minimum Gasteiger partial charge on any atom is -0.355 e. The highest BCUT2D eigenvalue weighted by atomic mass is 16.1. The lowest BCUT2D eigenvalue weighted by Gasteiger charge is -2.31. The minimum absolute atomic E-state index is 0.140. The van der Waals surface area contributed by atoms with E-state index in [9.17, 15) is 4.79 Å². The third kappa shape index (κ3) is 4.73. The van der Waals surface area contributed by atoms with Crippen molar-refractivity contribution in [3.63, 3.8) is 0 Å². The van der Waals surface area contributed by atoms with Crippen molar-refractivity contribution in [3.8, 4) is 0 Å². The molecule has 1 atom stereocenters. The minimum atomic E-state index is 0.140. The molecule has 1 fully saturated rings. The summed E-state index contributed by atoms with van der Waals surface area (Å²) in [6, 6.07) is 10.5. The molecule has 140 valence electrons. The van der Waals surface area contributed by atoms with E-state index in [2.05, 4.69) is 51.0 Å². The van der Waals surface area contributed by atoms with Crippen LogP contribution in [-0.4, -0.2) is 40.0 Å². The predicted molar refractivity (Wildman–Crippen MR) is 104 cm³/mol. The number of benzene rings is 1. The molecule has 1 unspecified atom stereocenters. The van der Waals surface area contributed by atoms with E-state index in [1.165, 1.54) is 5.56 Å². The van der Waals surface area contributed by atoms with Gasteiger partial charge in [0.1, 0.15) is 5.82 Å². The Labute approximate surface area is 156 Å². The number of hydrogen-bond donors (Lipinski definition) is 1. The van der Waals surface area contributed by atoms with E-state index in [1.54, 1.807) is 0 Å². The van der Waals surface area contributed by atoms with Crippen LogP contribution in [0, 0.1) is 5.92 Å². The molecular weight excluding hydrogens is 324 g/mol. The molecule has 1 N–H and O–H groups in total. The van der Waals surface area contributed by atoms with Crippen LogP contribution < -0.4 is 5.32 Å².